The van der Waals surface area contributed by atoms with Crippen molar-refractivity contribution in [2.45, 2.75) is 33.7 Å². The van der Waals surface area contributed by atoms with E-state index in [2.05, 4.69) is 15.5 Å². The van der Waals surface area contributed by atoms with Crippen LogP contribution in [0.2, 0.25) is 0 Å². The lowest BCUT2D eigenvalue weighted by atomic mass is 10.2. The Labute approximate surface area is 195 Å². The molecule has 0 unspecified atom stereocenters. The van der Waals surface area contributed by atoms with Gasteiger partial charge < -0.3 is 25.3 Å². The van der Waals surface area contributed by atoms with Crippen LogP contribution in [0.25, 0.3) is 0 Å². The van der Waals surface area contributed by atoms with Gasteiger partial charge in [-0.05, 0) is 62.7 Å². The Morgan fingerprint density at radius 2 is 1.61 bits per heavy atom. The first-order valence-corrected chi connectivity index (χ1v) is 11.3. The molecular weight excluding hydrogens is 418 g/mol. The highest BCUT2D eigenvalue weighted by molar-refractivity contribution is 5.94. The summed E-state index contributed by atoms with van der Waals surface area (Å²) >= 11 is 0. The van der Waals surface area contributed by atoms with Crippen molar-refractivity contribution in [1.29, 1.82) is 0 Å². The Bertz CT molecular complexity index is 982. The van der Waals surface area contributed by atoms with E-state index < -0.39 is 0 Å². The number of nitrogens with zero attached hydrogens (tertiary/aromatic N) is 3. The molecule has 1 aliphatic rings. The van der Waals surface area contributed by atoms with Gasteiger partial charge in [0.2, 0.25) is 11.8 Å². The minimum atomic E-state index is -0.222. The molecule has 0 bridgehead atoms. The Morgan fingerprint density at radius 3 is 2.18 bits per heavy atom. The number of hydrogen-bond acceptors (Lipinski definition) is 4. The quantitative estimate of drug-likeness (QED) is 0.704. The van der Waals surface area contributed by atoms with Crippen LogP contribution in [-0.4, -0.2) is 66.4 Å². The zero-order chi connectivity index (χ0) is 24.0. The van der Waals surface area contributed by atoms with Gasteiger partial charge in [-0.3, -0.25) is 9.59 Å². The lowest BCUT2D eigenvalue weighted by molar-refractivity contribution is -0.134. The maximum atomic E-state index is 12.6. The molecule has 1 heterocycles. The highest BCUT2D eigenvalue weighted by atomic mass is 16.2. The third kappa shape index (κ3) is 6.71. The summed E-state index contributed by atoms with van der Waals surface area (Å²) in [7, 11) is 0. The van der Waals surface area contributed by atoms with Gasteiger partial charge in [-0.1, -0.05) is 12.1 Å². The summed E-state index contributed by atoms with van der Waals surface area (Å²) < 4.78 is 0. The SMILES string of the molecule is CC(=O)N(CC(=O)Nc1ccc(N2CCN(C(=O)Nc3cccc(C)c3)CC2)cc1)C(C)C. The molecule has 33 heavy (non-hydrogen) atoms. The van der Waals surface area contributed by atoms with Gasteiger partial charge in [-0.2, -0.15) is 0 Å². The predicted octanol–water partition coefficient (Wildman–Crippen LogP) is 3.54. The number of carbonyl (C=O) groups is 3. The molecule has 8 heteroatoms. The summed E-state index contributed by atoms with van der Waals surface area (Å²) in [6.45, 7) is 9.99. The first kappa shape index (κ1) is 24.1. The molecule has 2 aromatic carbocycles. The number of aryl methyl sites for hydroxylation is 1. The Hall–Kier alpha value is -3.55. The van der Waals surface area contributed by atoms with Crippen LogP contribution >= 0.6 is 0 Å². The number of piperazine rings is 1. The van der Waals surface area contributed by atoms with Crippen LogP contribution in [0.15, 0.2) is 48.5 Å². The van der Waals surface area contributed by atoms with E-state index in [1.54, 1.807) is 0 Å². The van der Waals surface area contributed by atoms with Crippen molar-refractivity contribution in [3.8, 4) is 0 Å². The number of rotatable bonds is 6. The largest absolute Gasteiger partial charge is 0.368 e. The van der Waals surface area contributed by atoms with Crippen molar-refractivity contribution in [3.63, 3.8) is 0 Å². The van der Waals surface area contributed by atoms with E-state index >= 15 is 0 Å². The third-order valence-electron chi connectivity index (χ3n) is 5.69. The molecule has 0 spiro atoms. The van der Waals surface area contributed by atoms with E-state index in [4.69, 9.17) is 0 Å². The molecule has 8 nitrogen and oxygen atoms in total. The molecule has 3 rings (SSSR count). The van der Waals surface area contributed by atoms with Crippen molar-refractivity contribution >= 4 is 34.9 Å². The van der Waals surface area contributed by atoms with Crippen molar-refractivity contribution < 1.29 is 14.4 Å². The molecule has 4 amide bonds. The van der Waals surface area contributed by atoms with E-state index in [0.717, 1.165) is 30.0 Å². The average molecular weight is 452 g/mol. The second kappa shape index (κ2) is 10.8. The van der Waals surface area contributed by atoms with E-state index in [1.165, 1.54) is 11.8 Å². The maximum Gasteiger partial charge on any atom is 0.321 e. The first-order valence-electron chi connectivity index (χ1n) is 11.3. The number of nitrogens with one attached hydrogen (secondary N) is 2. The monoisotopic (exact) mass is 451 g/mol. The number of hydrogen-bond donors (Lipinski definition) is 2. The average Bonchev–Trinajstić information content (AvgIpc) is 2.78. The highest BCUT2D eigenvalue weighted by Crippen LogP contribution is 2.20. The van der Waals surface area contributed by atoms with Gasteiger partial charge in [0.15, 0.2) is 0 Å². The van der Waals surface area contributed by atoms with Gasteiger partial charge in [0.1, 0.15) is 6.54 Å². The zero-order valence-electron chi connectivity index (χ0n) is 19.8. The second-order valence-corrected chi connectivity index (χ2v) is 8.61. The van der Waals surface area contributed by atoms with Crippen LogP contribution in [0, 0.1) is 6.92 Å². The van der Waals surface area contributed by atoms with Crippen LogP contribution in [0.5, 0.6) is 0 Å². The molecule has 0 aliphatic carbocycles. The molecule has 0 radical (unpaired) electrons. The summed E-state index contributed by atoms with van der Waals surface area (Å²) in [4.78, 5) is 42.1. The van der Waals surface area contributed by atoms with Crippen molar-refractivity contribution in [2.75, 3.05) is 48.3 Å². The van der Waals surface area contributed by atoms with Crippen molar-refractivity contribution in [3.05, 3.63) is 54.1 Å². The molecule has 1 saturated heterocycles. The topological polar surface area (TPSA) is 85.0 Å². The van der Waals surface area contributed by atoms with Gasteiger partial charge in [0.05, 0.1) is 0 Å². The fourth-order valence-electron chi connectivity index (χ4n) is 3.86. The molecule has 1 aliphatic heterocycles. The van der Waals surface area contributed by atoms with Crippen LogP contribution < -0.4 is 15.5 Å². The lowest BCUT2D eigenvalue weighted by Gasteiger charge is -2.36. The predicted molar refractivity (Wildman–Crippen MR) is 132 cm³/mol. The zero-order valence-corrected chi connectivity index (χ0v) is 19.8. The molecule has 176 valence electrons. The second-order valence-electron chi connectivity index (χ2n) is 8.61. The van der Waals surface area contributed by atoms with Crippen molar-refractivity contribution in [2.24, 2.45) is 0 Å². The smallest absolute Gasteiger partial charge is 0.321 e. The lowest BCUT2D eigenvalue weighted by Crippen LogP contribution is -2.50. The minimum absolute atomic E-state index is 0.0291. The van der Waals surface area contributed by atoms with E-state index in [1.807, 2.05) is 74.2 Å². The Balaban J connectivity index is 1.49. The van der Waals surface area contributed by atoms with Gasteiger partial charge in [-0.25, -0.2) is 4.79 Å². The van der Waals surface area contributed by atoms with E-state index in [-0.39, 0.29) is 30.4 Å². The van der Waals surface area contributed by atoms with Gasteiger partial charge >= 0.3 is 6.03 Å². The standard InChI is InChI=1S/C25H33N5O3/c1-18(2)30(20(4)31)17-24(32)26-21-8-10-23(11-9-21)28-12-14-29(15-13-28)25(33)27-22-7-5-6-19(3)16-22/h5-11,16,18H,12-15,17H2,1-4H3,(H,26,32)(H,27,33). The first-order chi connectivity index (χ1) is 15.7. The number of urea groups is 1. The van der Waals surface area contributed by atoms with Crippen LogP contribution in [0.3, 0.4) is 0 Å². The normalized spacial score (nSPS) is 13.6. The van der Waals surface area contributed by atoms with E-state index in [9.17, 15) is 14.4 Å². The summed E-state index contributed by atoms with van der Waals surface area (Å²) in [6, 6.07) is 15.3. The van der Waals surface area contributed by atoms with Crippen LogP contribution in [-0.2, 0) is 9.59 Å². The number of benzene rings is 2. The summed E-state index contributed by atoms with van der Waals surface area (Å²) in [5.41, 5.74) is 3.64. The molecule has 0 atom stereocenters. The molecule has 1 fully saturated rings. The number of anilines is 3. The molecule has 2 N–H and O–H groups in total. The number of carbonyl (C=O) groups excluding carboxylic acids is 3. The van der Waals surface area contributed by atoms with Crippen LogP contribution in [0.4, 0.5) is 21.9 Å². The Kier molecular flexibility index (Phi) is 7.92. The fourth-order valence-corrected chi connectivity index (χ4v) is 3.86. The molecule has 0 saturated carbocycles. The summed E-state index contributed by atoms with van der Waals surface area (Å²) in [6.07, 6.45) is 0. The van der Waals surface area contributed by atoms with Crippen LogP contribution in [0.1, 0.15) is 26.3 Å². The minimum Gasteiger partial charge on any atom is -0.368 e. The number of amides is 4. The summed E-state index contributed by atoms with van der Waals surface area (Å²) in [5.74, 6) is -0.345. The third-order valence-corrected chi connectivity index (χ3v) is 5.69. The molecular formula is C25H33N5O3. The highest BCUT2D eigenvalue weighted by Gasteiger charge is 2.22. The van der Waals surface area contributed by atoms with E-state index in [0.29, 0.717) is 18.8 Å². The maximum absolute atomic E-state index is 12.6. The summed E-state index contributed by atoms with van der Waals surface area (Å²) in [5, 5.41) is 5.81. The molecule has 0 aromatic heterocycles. The van der Waals surface area contributed by atoms with Gasteiger partial charge in [0, 0.05) is 56.2 Å². The fraction of sp³-hybridized carbons (Fsp3) is 0.400. The van der Waals surface area contributed by atoms with Gasteiger partial charge in [0.25, 0.3) is 0 Å². The van der Waals surface area contributed by atoms with Crippen molar-refractivity contribution in [1.82, 2.24) is 9.80 Å². The molecule has 2 aromatic rings. The Morgan fingerprint density at radius 1 is 0.939 bits per heavy atom. The van der Waals surface area contributed by atoms with Gasteiger partial charge in [-0.15, -0.1) is 0 Å².